The van der Waals surface area contributed by atoms with Crippen LogP contribution in [-0.4, -0.2) is 30.4 Å². The van der Waals surface area contributed by atoms with E-state index < -0.39 is 0 Å². The lowest BCUT2D eigenvalue weighted by Gasteiger charge is -2.27. The van der Waals surface area contributed by atoms with Crippen LogP contribution < -0.4 is 4.90 Å². The average molecular weight is 341 g/mol. The molecule has 2 aliphatic rings. The summed E-state index contributed by atoms with van der Waals surface area (Å²) in [6.45, 7) is 2.27. The minimum Gasteiger partial charge on any atom is -0.311 e. The number of amides is 1. The summed E-state index contributed by atoms with van der Waals surface area (Å²) < 4.78 is 0. The van der Waals surface area contributed by atoms with E-state index >= 15 is 0 Å². The number of para-hydroxylation sites is 1. The number of likely N-dealkylation sites (tertiary alicyclic amines) is 1. The molecule has 124 valence electrons. The molecule has 1 saturated heterocycles. The van der Waals surface area contributed by atoms with Gasteiger partial charge in [0.1, 0.15) is 0 Å². The number of nitrogens with zero attached hydrogens (tertiary/aromatic N) is 2. The van der Waals surface area contributed by atoms with Crippen molar-refractivity contribution in [3.05, 3.63) is 64.7 Å². The van der Waals surface area contributed by atoms with E-state index in [1.54, 1.807) is 0 Å². The summed E-state index contributed by atoms with van der Waals surface area (Å²) in [6.07, 6.45) is 3.20. The van der Waals surface area contributed by atoms with Crippen LogP contribution in [0.15, 0.2) is 48.5 Å². The van der Waals surface area contributed by atoms with Crippen LogP contribution in [0, 0.1) is 0 Å². The van der Waals surface area contributed by atoms with Crippen LogP contribution >= 0.6 is 11.6 Å². The second-order valence-electron chi connectivity index (χ2n) is 6.60. The highest BCUT2D eigenvalue weighted by atomic mass is 35.5. The van der Waals surface area contributed by atoms with Gasteiger partial charge in [-0.3, -0.25) is 9.69 Å². The zero-order valence-corrected chi connectivity index (χ0v) is 14.4. The third-order valence-electron chi connectivity index (χ3n) is 5.15. The van der Waals surface area contributed by atoms with Gasteiger partial charge in [0.25, 0.3) is 0 Å². The normalized spacial score (nSPS) is 20.4. The molecular weight excluding hydrogens is 320 g/mol. The second-order valence-corrected chi connectivity index (χ2v) is 7.04. The molecule has 1 atom stereocenters. The van der Waals surface area contributed by atoms with Gasteiger partial charge in [0, 0.05) is 23.3 Å². The molecule has 24 heavy (non-hydrogen) atoms. The monoisotopic (exact) mass is 340 g/mol. The van der Waals surface area contributed by atoms with E-state index in [2.05, 4.69) is 29.2 Å². The van der Waals surface area contributed by atoms with Crippen molar-refractivity contribution in [3.8, 4) is 0 Å². The van der Waals surface area contributed by atoms with Crippen molar-refractivity contribution in [2.75, 3.05) is 24.5 Å². The van der Waals surface area contributed by atoms with Crippen LogP contribution in [0.25, 0.3) is 0 Å². The Balaban J connectivity index is 1.48. The standard InChI is InChI=1S/C20H21ClN2O/c21-17-9-7-16(8-10-17)18-6-3-12-22(18)14-20(24)23-13-11-15-4-1-2-5-19(15)23/h1-2,4-5,7-10,18H,3,6,11-14H2/t18-/m0/s1. The molecular formula is C20H21ClN2O. The summed E-state index contributed by atoms with van der Waals surface area (Å²) in [4.78, 5) is 17.1. The van der Waals surface area contributed by atoms with Gasteiger partial charge in [-0.2, -0.15) is 0 Å². The van der Waals surface area contributed by atoms with E-state index in [0.717, 1.165) is 43.1 Å². The zero-order valence-electron chi connectivity index (χ0n) is 13.6. The van der Waals surface area contributed by atoms with E-state index in [0.29, 0.717) is 12.6 Å². The Morgan fingerprint density at radius 2 is 1.88 bits per heavy atom. The van der Waals surface area contributed by atoms with Crippen molar-refractivity contribution in [3.63, 3.8) is 0 Å². The number of anilines is 1. The number of fused-ring (bicyclic) bond motifs is 1. The molecule has 2 aromatic rings. The molecule has 0 spiro atoms. The SMILES string of the molecule is O=C(CN1CCC[C@H]1c1ccc(Cl)cc1)N1CCc2ccccc21. The average Bonchev–Trinajstić information content (AvgIpc) is 3.22. The molecule has 1 amide bonds. The molecule has 1 fully saturated rings. The molecule has 4 heteroatoms. The fraction of sp³-hybridized carbons (Fsp3) is 0.350. The summed E-state index contributed by atoms with van der Waals surface area (Å²) >= 11 is 6.00. The van der Waals surface area contributed by atoms with Crippen LogP contribution in [0.4, 0.5) is 5.69 Å². The fourth-order valence-corrected chi connectivity index (χ4v) is 4.06. The first-order chi connectivity index (χ1) is 11.7. The first-order valence-corrected chi connectivity index (χ1v) is 8.98. The summed E-state index contributed by atoms with van der Waals surface area (Å²) in [6, 6.07) is 16.6. The van der Waals surface area contributed by atoms with Crippen LogP contribution in [0.5, 0.6) is 0 Å². The summed E-state index contributed by atoms with van der Waals surface area (Å²) in [7, 11) is 0. The Kier molecular flexibility index (Phi) is 4.30. The topological polar surface area (TPSA) is 23.6 Å². The van der Waals surface area contributed by atoms with Crippen molar-refractivity contribution in [1.82, 2.24) is 4.90 Å². The largest absolute Gasteiger partial charge is 0.311 e. The number of hydrogen-bond donors (Lipinski definition) is 0. The molecule has 2 aliphatic heterocycles. The molecule has 0 bridgehead atoms. The molecule has 3 nitrogen and oxygen atoms in total. The molecule has 2 aromatic carbocycles. The van der Waals surface area contributed by atoms with E-state index in [1.807, 2.05) is 29.2 Å². The van der Waals surface area contributed by atoms with Crippen molar-refractivity contribution in [2.24, 2.45) is 0 Å². The lowest BCUT2D eigenvalue weighted by molar-refractivity contribution is -0.119. The van der Waals surface area contributed by atoms with Gasteiger partial charge >= 0.3 is 0 Å². The Morgan fingerprint density at radius 3 is 2.71 bits per heavy atom. The predicted molar refractivity (Wildman–Crippen MR) is 97.5 cm³/mol. The van der Waals surface area contributed by atoms with Gasteiger partial charge in [-0.05, 0) is 55.1 Å². The smallest absolute Gasteiger partial charge is 0.241 e. The zero-order chi connectivity index (χ0) is 16.5. The Morgan fingerprint density at radius 1 is 1.08 bits per heavy atom. The highest BCUT2D eigenvalue weighted by Crippen LogP contribution is 2.33. The quantitative estimate of drug-likeness (QED) is 0.841. The highest BCUT2D eigenvalue weighted by molar-refractivity contribution is 6.30. The van der Waals surface area contributed by atoms with Crippen molar-refractivity contribution >= 4 is 23.2 Å². The summed E-state index contributed by atoms with van der Waals surface area (Å²) in [5, 5.41) is 0.757. The maximum atomic E-state index is 12.9. The number of rotatable bonds is 3. The number of hydrogen-bond acceptors (Lipinski definition) is 2. The van der Waals surface area contributed by atoms with Crippen molar-refractivity contribution in [1.29, 1.82) is 0 Å². The van der Waals surface area contributed by atoms with Crippen molar-refractivity contribution < 1.29 is 4.79 Å². The molecule has 4 rings (SSSR count). The molecule has 2 heterocycles. The molecule has 0 radical (unpaired) electrons. The Hall–Kier alpha value is -1.84. The van der Waals surface area contributed by atoms with Gasteiger partial charge in [-0.1, -0.05) is 41.9 Å². The van der Waals surface area contributed by atoms with Crippen LogP contribution in [0.3, 0.4) is 0 Å². The fourth-order valence-electron chi connectivity index (χ4n) is 3.93. The Bertz CT molecular complexity index is 744. The van der Waals surface area contributed by atoms with Gasteiger partial charge in [-0.15, -0.1) is 0 Å². The van der Waals surface area contributed by atoms with E-state index in [4.69, 9.17) is 11.6 Å². The molecule has 0 saturated carbocycles. The van der Waals surface area contributed by atoms with Gasteiger partial charge in [0.2, 0.25) is 5.91 Å². The predicted octanol–water partition coefficient (Wildman–Crippen LogP) is 4.07. The molecule has 0 unspecified atom stereocenters. The maximum absolute atomic E-state index is 12.9. The Labute approximate surface area is 147 Å². The van der Waals surface area contributed by atoms with Gasteiger partial charge < -0.3 is 4.90 Å². The minimum absolute atomic E-state index is 0.209. The third kappa shape index (κ3) is 2.94. The van der Waals surface area contributed by atoms with Gasteiger partial charge in [0.15, 0.2) is 0 Å². The highest BCUT2D eigenvalue weighted by Gasteiger charge is 2.31. The van der Waals surface area contributed by atoms with Crippen LogP contribution in [0.1, 0.15) is 30.0 Å². The first-order valence-electron chi connectivity index (χ1n) is 8.60. The molecule has 0 aliphatic carbocycles. The summed E-state index contributed by atoms with van der Waals surface area (Å²) in [5.41, 5.74) is 3.62. The molecule has 0 aromatic heterocycles. The van der Waals surface area contributed by atoms with Gasteiger partial charge in [-0.25, -0.2) is 0 Å². The van der Waals surface area contributed by atoms with E-state index in [1.165, 1.54) is 11.1 Å². The number of carbonyl (C=O) groups excluding carboxylic acids is 1. The number of carbonyl (C=O) groups is 1. The number of halogens is 1. The van der Waals surface area contributed by atoms with Crippen molar-refractivity contribution in [2.45, 2.75) is 25.3 Å². The maximum Gasteiger partial charge on any atom is 0.241 e. The van der Waals surface area contributed by atoms with Crippen LogP contribution in [-0.2, 0) is 11.2 Å². The van der Waals surface area contributed by atoms with E-state index in [9.17, 15) is 4.79 Å². The number of benzene rings is 2. The lowest BCUT2D eigenvalue weighted by atomic mass is 10.0. The molecule has 0 N–H and O–H groups in total. The third-order valence-corrected chi connectivity index (χ3v) is 5.40. The van der Waals surface area contributed by atoms with E-state index in [-0.39, 0.29) is 5.91 Å². The van der Waals surface area contributed by atoms with Crippen LogP contribution in [0.2, 0.25) is 5.02 Å². The van der Waals surface area contributed by atoms with Gasteiger partial charge in [0.05, 0.1) is 6.54 Å². The second kappa shape index (κ2) is 6.58. The summed E-state index contributed by atoms with van der Waals surface area (Å²) in [5.74, 6) is 0.209. The minimum atomic E-state index is 0.209. The first kappa shape index (κ1) is 15.7. The lowest BCUT2D eigenvalue weighted by Crippen LogP contribution is -2.39.